The van der Waals surface area contributed by atoms with Crippen LogP contribution in [0.4, 0.5) is 0 Å². The standard InChI is InChI=1S/C12H19N3O3S2/c1-3-14-4-6-15(7-5-14)20(17,18)11-8-10(12(13)16)19-9(11)2/h8H,3-7H2,1-2H3,(H2,13,16). The number of sulfonamides is 1. The number of amides is 1. The Morgan fingerprint density at radius 2 is 1.95 bits per heavy atom. The van der Waals surface area contributed by atoms with E-state index < -0.39 is 15.9 Å². The molecule has 112 valence electrons. The molecule has 1 aromatic rings. The number of aryl methyl sites for hydroxylation is 1. The summed E-state index contributed by atoms with van der Waals surface area (Å²) in [6.07, 6.45) is 0. The quantitative estimate of drug-likeness (QED) is 0.875. The summed E-state index contributed by atoms with van der Waals surface area (Å²) in [5.41, 5.74) is 5.21. The zero-order valence-electron chi connectivity index (χ0n) is 11.6. The minimum Gasteiger partial charge on any atom is -0.365 e. The van der Waals surface area contributed by atoms with Crippen LogP contribution in [0.15, 0.2) is 11.0 Å². The highest BCUT2D eigenvalue weighted by Gasteiger charge is 2.30. The molecule has 2 N–H and O–H groups in total. The maximum Gasteiger partial charge on any atom is 0.258 e. The molecule has 6 nitrogen and oxygen atoms in total. The molecule has 1 saturated heterocycles. The van der Waals surface area contributed by atoms with E-state index in [1.807, 2.05) is 0 Å². The van der Waals surface area contributed by atoms with E-state index in [4.69, 9.17) is 5.73 Å². The van der Waals surface area contributed by atoms with Crippen molar-refractivity contribution in [3.05, 3.63) is 15.8 Å². The molecule has 20 heavy (non-hydrogen) atoms. The molecule has 0 saturated carbocycles. The van der Waals surface area contributed by atoms with Crippen LogP contribution in [0, 0.1) is 6.92 Å². The molecule has 1 fully saturated rings. The van der Waals surface area contributed by atoms with Gasteiger partial charge >= 0.3 is 0 Å². The van der Waals surface area contributed by atoms with Crippen LogP contribution in [-0.2, 0) is 10.0 Å². The van der Waals surface area contributed by atoms with Crippen LogP contribution in [0.25, 0.3) is 0 Å². The van der Waals surface area contributed by atoms with Gasteiger partial charge in [0.1, 0.15) is 0 Å². The van der Waals surface area contributed by atoms with E-state index in [2.05, 4.69) is 11.8 Å². The van der Waals surface area contributed by atoms with Gasteiger partial charge in [-0.1, -0.05) is 6.92 Å². The number of likely N-dealkylation sites (N-methyl/N-ethyl adjacent to an activating group) is 1. The summed E-state index contributed by atoms with van der Waals surface area (Å²) in [5, 5.41) is 0. The molecular formula is C12H19N3O3S2. The molecule has 0 unspecified atom stereocenters. The Labute approximate surface area is 123 Å². The van der Waals surface area contributed by atoms with Crippen molar-refractivity contribution in [3.8, 4) is 0 Å². The highest BCUT2D eigenvalue weighted by Crippen LogP contribution is 2.28. The molecular weight excluding hydrogens is 298 g/mol. The number of piperazine rings is 1. The molecule has 2 rings (SSSR count). The number of nitrogens with two attached hydrogens (primary N) is 1. The number of nitrogens with zero attached hydrogens (tertiary/aromatic N) is 2. The topological polar surface area (TPSA) is 83.7 Å². The summed E-state index contributed by atoms with van der Waals surface area (Å²) >= 11 is 1.13. The fourth-order valence-electron chi connectivity index (χ4n) is 2.27. The third-order valence-corrected chi connectivity index (χ3v) is 6.73. The number of primary amides is 1. The van der Waals surface area contributed by atoms with Gasteiger partial charge in [0.25, 0.3) is 5.91 Å². The van der Waals surface area contributed by atoms with Crippen molar-refractivity contribution in [2.75, 3.05) is 32.7 Å². The van der Waals surface area contributed by atoms with Gasteiger partial charge in [0.15, 0.2) is 0 Å². The molecule has 1 aliphatic rings. The summed E-state index contributed by atoms with van der Waals surface area (Å²) in [5.74, 6) is -0.588. The van der Waals surface area contributed by atoms with E-state index in [0.29, 0.717) is 18.0 Å². The summed E-state index contributed by atoms with van der Waals surface area (Å²) in [6.45, 7) is 7.13. The average Bonchev–Trinajstić information content (AvgIpc) is 2.82. The van der Waals surface area contributed by atoms with Gasteiger partial charge in [-0.05, 0) is 19.5 Å². The number of carbonyl (C=O) groups excluding carboxylic acids is 1. The highest BCUT2D eigenvalue weighted by atomic mass is 32.2. The monoisotopic (exact) mass is 317 g/mol. The summed E-state index contributed by atoms with van der Waals surface area (Å²) < 4.78 is 26.7. The Balaban J connectivity index is 2.25. The van der Waals surface area contributed by atoms with Crippen molar-refractivity contribution >= 4 is 27.3 Å². The van der Waals surface area contributed by atoms with Crippen molar-refractivity contribution in [2.45, 2.75) is 18.7 Å². The summed E-state index contributed by atoms with van der Waals surface area (Å²) in [4.78, 5) is 14.5. The van der Waals surface area contributed by atoms with E-state index in [0.717, 1.165) is 31.0 Å². The van der Waals surface area contributed by atoms with Gasteiger partial charge in [0.05, 0.1) is 9.77 Å². The number of rotatable bonds is 4. The van der Waals surface area contributed by atoms with Crippen LogP contribution >= 0.6 is 11.3 Å². The number of hydrogen-bond donors (Lipinski definition) is 1. The summed E-state index contributed by atoms with van der Waals surface area (Å²) in [6, 6.07) is 1.39. The maximum atomic E-state index is 12.6. The van der Waals surface area contributed by atoms with Gasteiger partial charge < -0.3 is 10.6 Å². The van der Waals surface area contributed by atoms with Crippen LogP contribution in [0.1, 0.15) is 21.5 Å². The normalized spacial score (nSPS) is 18.3. The van der Waals surface area contributed by atoms with Gasteiger partial charge in [-0.15, -0.1) is 11.3 Å². The third-order valence-electron chi connectivity index (χ3n) is 3.51. The number of carbonyl (C=O) groups is 1. The van der Waals surface area contributed by atoms with Gasteiger partial charge in [0.2, 0.25) is 10.0 Å². The molecule has 1 amide bonds. The van der Waals surface area contributed by atoms with Gasteiger partial charge in [0, 0.05) is 31.1 Å². The predicted octanol–water partition coefficient (Wildman–Crippen LogP) is 0.482. The third kappa shape index (κ3) is 2.88. The molecule has 1 aromatic heterocycles. The second-order valence-corrected chi connectivity index (χ2v) is 7.90. The zero-order chi connectivity index (χ0) is 14.9. The SMILES string of the molecule is CCN1CCN(S(=O)(=O)c2cc(C(N)=O)sc2C)CC1. The molecule has 8 heteroatoms. The predicted molar refractivity (Wildman–Crippen MR) is 78.4 cm³/mol. The summed E-state index contributed by atoms with van der Waals surface area (Å²) in [7, 11) is -3.53. The lowest BCUT2D eigenvalue weighted by Crippen LogP contribution is -2.48. The van der Waals surface area contributed by atoms with Crippen molar-refractivity contribution in [3.63, 3.8) is 0 Å². The van der Waals surface area contributed by atoms with Crippen LogP contribution in [0.5, 0.6) is 0 Å². The van der Waals surface area contributed by atoms with Gasteiger partial charge in [-0.3, -0.25) is 4.79 Å². The highest BCUT2D eigenvalue weighted by molar-refractivity contribution is 7.89. The first kappa shape index (κ1) is 15.4. The lowest BCUT2D eigenvalue weighted by molar-refractivity contribution is 0.100. The Morgan fingerprint density at radius 3 is 2.40 bits per heavy atom. The van der Waals surface area contributed by atoms with E-state index in [9.17, 15) is 13.2 Å². The van der Waals surface area contributed by atoms with Crippen molar-refractivity contribution in [1.29, 1.82) is 0 Å². The van der Waals surface area contributed by atoms with E-state index in [1.54, 1.807) is 6.92 Å². The van der Waals surface area contributed by atoms with Crippen molar-refractivity contribution < 1.29 is 13.2 Å². The fraction of sp³-hybridized carbons (Fsp3) is 0.583. The van der Waals surface area contributed by atoms with Crippen molar-refractivity contribution in [1.82, 2.24) is 9.21 Å². The number of hydrogen-bond acceptors (Lipinski definition) is 5. The molecule has 0 radical (unpaired) electrons. The first-order chi connectivity index (χ1) is 9.36. The Kier molecular flexibility index (Phi) is 4.48. The molecule has 1 aliphatic heterocycles. The van der Waals surface area contributed by atoms with Crippen LogP contribution < -0.4 is 5.73 Å². The Hall–Kier alpha value is -0.960. The Morgan fingerprint density at radius 1 is 1.35 bits per heavy atom. The first-order valence-electron chi connectivity index (χ1n) is 6.49. The second kappa shape index (κ2) is 5.80. The van der Waals surface area contributed by atoms with Gasteiger partial charge in [-0.25, -0.2) is 8.42 Å². The lowest BCUT2D eigenvalue weighted by Gasteiger charge is -2.33. The molecule has 0 aromatic carbocycles. The molecule has 0 aliphatic carbocycles. The zero-order valence-corrected chi connectivity index (χ0v) is 13.3. The second-order valence-electron chi connectivity index (χ2n) is 4.73. The van der Waals surface area contributed by atoms with Gasteiger partial charge in [-0.2, -0.15) is 4.31 Å². The molecule has 0 spiro atoms. The van der Waals surface area contributed by atoms with E-state index >= 15 is 0 Å². The minimum absolute atomic E-state index is 0.209. The lowest BCUT2D eigenvalue weighted by atomic mass is 10.4. The maximum absolute atomic E-state index is 12.6. The van der Waals surface area contributed by atoms with Crippen LogP contribution in [-0.4, -0.2) is 56.3 Å². The van der Waals surface area contributed by atoms with Crippen LogP contribution in [0.2, 0.25) is 0 Å². The molecule has 0 bridgehead atoms. The molecule has 0 atom stereocenters. The molecule has 2 heterocycles. The Bertz CT molecular complexity index is 601. The number of thiophene rings is 1. The minimum atomic E-state index is -3.53. The largest absolute Gasteiger partial charge is 0.365 e. The van der Waals surface area contributed by atoms with Crippen molar-refractivity contribution in [2.24, 2.45) is 5.73 Å². The average molecular weight is 317 g/mol. The smallest absolute Gasteiger partial charge is 0.258 e. The fourth-order valence-corrected chi connectivity index (χ4v) is 5.10. The van der Waals surface area contributed by atoms with Crippen LogP contribution in [0.3, 0.4) is 0 Å². The van der Waals surface area contributed by atoms with E-state index in [1.165, 1.54) is 10.4 Å². The van der Waals surface area contributed by atoms with E-state index in [-0.39, 0.29) is 9.77 Å². The first-order valence-corrected chi connectivity index (χ1v) is 8.74.